The Hall–Kier alpha value is -1.93. The normalized spacial score (nSPS) is 19.1. The first-order valence-corrected chi connectivity index (χ1v) is 7.21. The van der Waals surface area contributed by atoms with Crippen molar-refractivity contribution in [3.05, 3.63) is 35.1 Å². The van der Waals surface area contributed by atoms with Crippen molar-refractivity contribution in [3.8, 4) is 6.07 Å². The van der Waals surface area contributed by atoms with Gasteiger partial charge < -0.3 is 5.11 Å². The maximum Gasteiger partial charge on any atom is 0.303 e. The van der Waals surface area contributed by atoms with Crippen LogP contribution in [0.4, 0.5) is 4.39 Å². The van der Waals surface area contributed by atoms with Gasteiger partial charge in [0.25, 0.3) is 0 Å². The largest absolute Gasteiger partial charge is 0.481 e. The van der Waals surface area contributed by atoms with Crippen molar-refractivity contribution in [2.24, 2.45) is 5.92 Å². The molecule has 0 saturated carbocycles. The minimum Gasteiger partial charge on any atom is -0.481 e. The Balaban J connectivity index is 1.93. The third-order valence-electron chi connectivity index (χ3n) is 3.95. The number of halogens is 1. The van der Waals surface area contributed by atoms with Gasteiger partial charge in [-0.3, -0.25) is 9.69 Å². The highest BCUT2D eigenvalue weighted by Gasteiger charge is 2.21. The first-order valence-electron chi connectivity index (χ1n) is 7.21. The average molecular weight is 290 g/mol. The fraction of sp³-hybridized carbons (Fsp3) is 0.500. The lowest BCUT2D eigenvalue weighted by molar-refractivity contribution is -0.137. The second kappa shape index (κ2) is 7.19. The van der Waals surface area contributed by atoms with Crippen molar-refractivity contribution in [1.82, 2.24) is 4.90 Å². The van der Waals surface area contributed by atoms with Crippen LogP contribution in [0.2, 0.25) is 0 Å². The van der Waals surface area contributed by atoms with Gasteiger partial charge in [0, 0.05) is 25.1 Å². The number of aliphatic carboxylic acids is 1. The van der Waals surface area contributed by atoms with Gasteiger partial charge in [0.2, 0.25) is 0 Å². The topological polar surface area (TPSA) is 64.3 Å². The van der Waals surface area contributed by atoms with Crippen LogP contribution in [0.3, 0.4) is 0 Å². The summed E-state index contributed by atoms with van der Waals surface area (Å²) in [6.07, 6.45) is 2.94. The molecule has 5 heteroatoms. The molecule has 1 aromatic rings. The SMILES string of the molecule is N#Cc1ccc(CN2CCCC(CCC(=O)O)C2)c(F)c1. The minimum atomic E-state index is -0.759. The Morgan fingerprint density at radius 1 is 1.52 bits per heavy atom. The number of likely N-dealkylation sites (tertiary alicyclic amines) is 1. The van der Waals surface area contributed by atoms with E-state index < -0.39 is 5.97 Å². The van der Waals surface area contributed by atoms with E-state index in [4.69, 9.17) is 10.4 Å². The van der Waals surface area contributed by atoms with E-state index in [0.717, 1.165) is 25.9 Å². The van der Waals surface area contributed by atoms with Gasteiger partial charge in [0.05, 0.1) is 11.6 Å². The quantitative estimate of drug-likeness (QED) is 0.905. The van der Waals surface area contributed by atoms with Gasteiger partial charge in [-0.05, 0) is 43.9 Å². The van der Waals surface area contributed by atoms with E-state index in [0.29, 0.717) is 30.0 Å². The van der Waals surface area contributed by atoms with Gasteiger partial charge in [-0.15, -0.1) is 0 Å². The molecule has 1 aromatic carbocycles. The molecule has 1 heterocycles. The molecule has 21 heavy (non-hydrogen) atoms. The molecule has 1 N–H and O–H groups in total. The Morgan fingerprint density at radius 2 is 2.33 bits per heavy atom. The van der Waals surface area contributed by atoms with Gasteiger partial charge in [0.1, 0.15) is 5.82 Å². The summed E-state index contributed by atoms with van der Waals surface area (Å²) in [7, 11) is 0. The van der Waals surface area contributed by atoms with Crippen molar-refractivity contribution < 1.29 is 14.3 Å². The van der Waals surface area contributed by atoms with Crippen molar-refractivity contribution in [1.29, 1.82) is 5.26 Å². The zero-order chi connectivity index (χ0) is 15.2. The zero-order valence-electron chi connectivity index (χ0n) is 11.9. The lowest BCUT2D eigenvalue weighted by atomic mass is 9.93. The van der Waals surface area contributed by atoms with Gasteiger partial charge in [0.15, 0.2) is 0 Å². The number of carboxylic acids is 1. The van der Waals surface area contributed by atoms with E-state index in [9.17, 15) is 9.18 Å². The predicted molar refractivity (Wildman–Crippen MR) is 76.0 cm³/mol. The molecule has 0 aliphatic carbocycles. The highest BCUT2D eigenvalue weighted by Crippen LogP contribution is 2.23. The number of hydrogen-bond donors (Lipinski definition) is 1. The fourth-order valence-corrected chi connectivity index (χ4v) is 2.84. The molecule has 112 valence electrons. The Kier molecular flexibility index (Phi) is 5.29. The molecule has 1 fully saturated rings. The second-order valence-corrected chi connectivity index (χ2v) is 5.59. The maximum atomic E-state index is 13.9. The molecular formula is C16H19FN2O2. The van der Waals surface area contributed by atoms with Gasteiger partial charge in [-0.1, -0.05) is 6.07 Å². The number of carboxylic acid groups (broad SMARTS) is 1. The number of benzene rings is 1. The average Bonchev–Trinajstić information content (AvgIpc) is 2.47. The van der Waals surface area contributed by atoms with Gasteiger partial charge in [-0.2, -0.15) is 5.26 Å². The van der Waals surface area contributed by atoms with Crippen molar-refractivity contribution >= 4 is 5.97 Å². The minimum absolute atomic E-state index is 0.198. The van der Waals surface area contributed by atoms with E-state index >= 15 is 0 Å². The van der Waals surface area contributed by atoms with Crippen LogP contribution >= 0.6 is 0 Å². The highest BCUT2D eigenvalue weighted by molar-refractivity contribution is 5.66. The third kappa shape index (κ3) is 4.54. The zero-order valence-corrected chi connectivity index (χ0v) is 11.9. The summed E-state index contributed by atoms with van der Waals surface area (Å²) in [5, 5.41) is 17.5. The summed E-state index contributed by atoms with van der Waals surface area (Å²) in [6.45, 7) is 2.23. The number of piperidine rings is 1. The molecule has 1 saturated heterocycles. The van der Waals surface area contributed by atoms with Crippen LogP contribution in [0.15, 0.2) is 18.2 Å². The Labute approximate surface area is 123 Å². The molecule has 0 bridgehead atoms. The van der Waals surface area contributed by atoms with Crippen LogP contribution in [0, 0.1) is 23.1 Å². The van der Waals surface area contributed by atoms with Gasteiger partial charge in [-0.25, -0.2) is 4.39 Å². The van der Waals surface area contributed by atoms with Crippen LogP contribution in [-0.2, 0) is 11.3 Å². The summed E-state index contributed by atoms with van der Waals surface area (Å²) in [6, 6.07) is 6.48. The number of hydrogen-bond acceptors (Lipinski definition) is 3. The summed E-state index contributed by atoms with van der Waals surface area (Å²) < 4.78 is 13.9. The number of carbonyl (C=O) groups is 1. The number of nitrogens with zero attached hydrogens (tertiary/aromatic N) is 2. The monoisotopic (exact) mass is 290 g/mol. The van der Waals surface area contributed by atoms with Crippen LogP contribution in [0.25, 0.3) is 0 Å². The first kappa shape index (κ1) is 15.5. The smallest absolute Gasteiger partial charge is 0.303 e. The summed E-state index contributed by atoms with van der Waals surface area (Å²) >= 11 is 0. The van der Waals surface area contributed by atoms with E-state index in [2.05, 4.69) is 4.90 Å². The number of nitriles is 1. The maximum absolute atomic E-state index is 13.9. The molecule has 1 aliphatic heterocycles. The van der Waals surface area contributed by atoms with E-state index in [1.54, 1.807) is 12.1 Å². The van der Waals surface area contributed by atoms with Crippen LogP contribution < -0.4 is 0 Å². The molecule has 1 unspecified atom stereocenters. The van der Waals surface area contributed by atoms with Crippen molar-refractivity contribution in [2.45, 2.75) is 32.2 Å². The molecule has 2 rings (SSSR count). The van der Waals surface area contributed by atoms with Crippen molar-refractivity contribution in [3.63, 3.8) is 0 Å². The molecule has 4 nitrogen and oxygen atoms in total. The number of rotatable bonds is 5. The van der Waals surface area contributed by atoms with E-state index in [1.807, 2.05) is 6.07 Å². The second-order valence-electron chi connectivity index (χ2n) is 5.59. The lowest BCUT2D eigenvalue weighted by Gasteiger charge is -2.32. The summed E-state index contributed by atoms with van der Waals surface area (Å²) in [5.74, 6) is -0.733. The Bertz CT molecular complexity index is 554. The molecule has 0 spiro atoms. The molecule has 0 radical (unpaired) electrons. The Morgan fingerprint density at radius 3 is 3.00 bits per heavy atom. The van der Waals surface area contributed by atoms with Gasteiger partial charge >= 0.3 is 5.97 Å². The summed E-state index contributed by atoms with van der Waals surface area (Å²) in [4.78, 5) is 12.8. The molecule has 1 aliphatic rings. The van der Waals surface area contributed by atoms with Crippen LogP contribution in [-0.4, -0.2) is 29.1 Å². The van der Waals surface area contributed by atoms with E-state index in [1.165, 1.54) is 6.07 Å². The molecule has 0 amide bonds. The predicted octanol–water partition coefficient (Wildman–Crippen LogP) is 2.77. The fourth-order valence-electron chi connectivity index (χ4n) is 2.84. The lowest BCUT2D eigenvalue weighted by Crippen LogP contribution is -2.35. The van der Waals surface area contributed by atoms with Crippen LogP contribution in [0.1, 0.15) is 36.8 Å². The first-order chi connectivity index (χ1) is 10.1. The molecule has 0 aromatic heterocycles. The highest BCUT2D eigenvalue weighted by atomic mass is 19.1. The van der Waals surface area contributed by atoms with E-state index in [-0.39, 0.29) is 12.2 Å². The van der Waals surface area contributed by atoms with Crippen molar-refractivity contribution in [2.75, 3.05) is 13.1 Å². The molecular weight excluding hydrogens is 271 g/mol. The summed E-state index contributed by atoms with van der Waals surface area (Å²) in [5.41, 5.74) is 0.919. The molecule has 1 atom stereocenters. The van der Waals surface area contributed by atoms with Crippen LogP contribution in [0.5, 0.6) is 0 Å². The third-order valence-corrected chi connectivity index (χ3v) is 3.95. The standard InChI is InChI=1S/C16H19FN2O2/c17-15-8-13(9-18)3-5-14(15)11-19-7-1-2-12(10-19)4-6-16(20)21/h3,5,8,12H,1-2,4,6-7,10-11H2,(H,20,21).